The molecule has 1 fully saturated rings. The topological polar surface area (TPSA) is 64.3 Å². The lowest BCUT2D eigenvalue weighted by atomic mass is 9.84. The minimum atomic E-state index is -0.277. The van der Waals surface area contributed by atoms with Gasteiger partial charge in [-0.15, -0.1) is 0 Å². The van der Waals surface area contributed by atoms with E-state index in [0.29, 0.717) is 23.8 Å². The van der Waals surface area contributed by atoms with Crippen LogP contribution in [0.25, 0.3) is 0 Å². The van der Waals surface area contributed by atoms with Gasteiger partial charge in [-0.1, -0.05) is 19.3 Å². The van der Waals surface area contributed by atoms with Crippen LogP contribution in [0.2, 0.25) is 0 Å². The third-order valence-electron chi connectivity index (χ3n) is 4.13. The van der Waals surface area contributed by atoms with Crippen LogP contribution in [0, 0.1) is 5.92 Å². The minimum Gasteiger partial charge on any atom is -0.460 e. The molecule has 1 unspecified atom stereocenters. The van der Waals surface area contributed by atoms with Crippen LogP contribution in [0.4, 0.5) is 5.69 Å². The maximum Gasteiger partial charge on any atom is 0.338 e. The van der Waals surface area contributed by atoms with Crippen LogP contribution in [-0.4, -0.2) is 25.7 Å². The molecule has 110 valence electrons. The number of esters is 1. The molecule has 1 aliphatic rings. The van der Waals surface area contributed by atoms with Gasteiger partial charge in [-0.05, 0) is 50.1 Å². The zero-order valence-electron chi connectivity index (χ0n) is 12.1. The molecule has 0 amide bonds. The number of carbonyl (C=O) groups is 1. The summed E-state index contributed by atoms with van der Waals surface area (Å²) in [5, 5.41) is 3.29. The van der Waals surface area contributed by atoms with E-state index in [2.05, 4.69) is 5.32 Å². The number of benzene rings is 1. The molecule has 3 N–H and O–H groups in total. The Morgan fingerprint density at radius 1 is 1.30 bits per heavy atom. The minimum absolute atomic E-state index is 0.257. The first-order valence-electron chi connectivity index (χ1n) is 7.40. The van der Waals surface area contributed by atoms with Crippen LogP contribution in [-0.2, 0) is 4.74 Å². The fourth-order valence-corrected chi connectivity index (χ4v) is 2.86. The molecular weight excluding hydrogens is 252 g/mol. The second-order valence-electron chi connectivity index (χ2n) is 5.51. The molecule has 0 aromatic heterocycles. The Hall–Kier alpha value is -1.55. The Bertz CT molecular complexity index is 425. The lowest BCUT2D eigenvalue weighted by Gasteiger charge is -2.29. The molecule has 2 rings (SSSR count). The first-order valence-corrected chi connectivity index (χ1v) is 7.40. The fourth-order valence-electron chi connectivity index (χ4n) is 2.86. The van der Waals surface area contributed by atoms with Gasteiger partial charge in [0, 0.05) is 11.7 Å². The Balaban J connectivity index is 1.85. The van der Waals surface area contributed by atoms with E-state index in [0.717, 1.165) is 0 Å². The zero-order chi connectivity index (χ0) is 14.4. The number of nitrogens with one attached hydrogen (secondary N) is 1. The molecule has 1 aromatic carbocycles. The molecule has 20 heavy (non-hydrogen) atoms. The summed E-state index contributed by atoms with van der Waals surface area (Å²) in [5.41, 5.74) is 6.81. The molecule has 0 heterocycles. The third kappa shape index (κ3) is 3.97. The van der Waals surface area contributed by atoms with E-state index in [1.165, 1.54) is 32.1 Å². The molecule has 0 bridgehead atoms. The average molecular weight is 276 g/mol. The van der Waals surface area contributed by atoms with Crippen molar-refractivity contribution in [3.8, 4) is 0 Å². The normalized spacial score (nSPS) is 17.6. The first kappa shape index (κ1) is 14.9. The van der Waals surface area contributed by atoms with E-state index in [9.17, 15) is 4.79 Å². The number of hydrogen-bond donors (Lipinski definition) is 2. The molecule has 0 spiro atoms. The van der Waals surface area contributed by atoms with Crippen molar-refractivity contribution in [3.05, 3.63) is 29.8 Å². The quantitative estimate of drug-likeness (QED) is 0.641. The molecule has 4 nitrogen and oxygen atoms in total. The van der Waals surface area contributed by atoms with Crippen LogP contribution in [0.1, 0.15) is 42.5 Å². The summed E-state index contributed by atoms with van der Waals surface area (Å²) in [6.45, 7) is 0.435. The van der Waals surface area contributed by atoms with Crippen LogP contribution < -0.4 is 11.1 Å². The van der Waals surface area contributed by atoms with Crippen molar-refractivity contribution in [3.63, 3.8) is 0 Å². The van der Waals surface area contributed by atoms with Gasteiger partial charge in [-0.25, -0.2) is 4.79 Å². The van der Waals surface area contributed by atoms with Gasteiger partial charge >= 0.3 is 5.97 Å². The number of ether oxygens (including phenoxy) is 1. The largest absolute Gasteiger partial charge is 0.460 e. The molecule has 1 aliphatic carbocycles. The number of anilines is 1. The zero-order valence-corrected chi connectivity index (χ0v) is 12.1. The predicted octanol–water partition coefficient (Wildman–Crippen LogP) is 2.59. The average Bonchev–Trinajstić information content (AvgIpc) is 2.49. The monoisotopic (exact) mass is 276 g/mol. The van der Waals surface area contributed by atoms with Crippen molar-refractivity contribution >= 4 is 11.7 Å². The smallest absolute Gasteiger partial charge is 0.338 e. The van der Waals surface area contributed by atoms with Crippen molar-refractivity contribution in [1.29, 1.82) is 0 Å². The first-order chi connectivity index (χ1) is 9.70. The number of rotatable bonds is 5. The number of carbonyl (C=O) groups excluding carboxylic acids is 1. The van der Waals surface area contributed by atoms with E-state index in [-0.39, 0.29) is 12.0 Å². The lowest BCUT2D eigenvalue weighted by molar-refractivity contribution is 0.0421. The number of nitrogens with two attached hydrogens (primary N) is 1. The Morgan fingerprint density at radius 2 is 1.95 bits per heavy atom. The number of likely N-dealkylation sites (N-methyl/N-ethyl adjacent to an activating group) is 1. The molecule has 0 saturated heterocycles. The molecule has 1 atom stereocenters. The molecule has 1 saturated carbocycles. The summed E-state index contributed by atoms with van der Waals surface area (Å²) in [4.78, 5) is 12.0. The Kier molecular flexibility index (Phi) is 5.41. The molecular formula is C16H24N2O2. The summed E-state index contributed by atoms with van der Waals surface area (Å²) in [5.74, 6) is 0.342. The van der Waals surface area contributed by atoms with Crippen LogP contribution in [0.5, 0.6) is 0 Å². The third-order valence-corrected chi connectivity index (χ3v) is 4.13. The summed E-state index contributed by atoms with van der Waals surface area (Å²) in [6, 6.07) is 7.09. The summed E-state index contributed by atoms with van der Waals surface area (Å²) < 4.78 is 5.43. The standard InChI is InChI=1S/C16H24N2O2/c1-18-15(12-5-3-2-4-6-12)11-20-16(19)13-7-9-14(17)10-8-13/h7-10,12,15,18H,2-6,11,17H2,1H3. The highest BCUT2D eigenvalue weighted by Gasteiger charge is 2.23. The second kappa shape index (κ2) is 7.29. The van der Waals surface area contributed by atoms with Gasteiger partial charge in [0.1, 0.15) is 6.61 Å². The van der Waals surface area contributed by atoms with E-state index in [1.807, 2.05) is 7.05 Å². The summed E-state index contributed by atoms with van der Waals surface area (Å²) in [6.07, 6.45) is 6.36. The number of hydrogen-bond acceptors (Lipinski definition) is 4. The molecule has 1 aromatic rings. The van der Waals surface area contributed by atoms with Gasteiger partial charge in [-0.3, -0.25) is 0 Å². The van der Waals surface area contributed by atoms with Crippen molar-refractivity contribution in [2.45, 2.75) is 38.1 Å². The van der Waals surface area contributed by atoms with Gasteiger partial charge in [0.05, 0.1) is 5.56 Å². The Morgan fingerprint density at radius 3 is 2.55 bits per heavy atom. The predicted molar refractivity (Wildman–Crippen MR) is 80.6 cm³/mol. The van der Waals surface area contributed by atoms with Crippen molar-refractivity contribution in [2.24, 2.45) is 5.92 Å². The van der Waals surface area contributed by atoms with Crippen molar-refractivity contribution in [1.82, 2.24) is 5.32 Å². The van der Waals surface area contributed by atoms with Gasteiger partial charge in [-0.2, -0.15) is 0 Å². The van der Waals surface area contributed by atoms with Gasteiger partial charge < -0.3 is 15.8 Å². The lowest BCUT2D eigenvalue weighted by Crippen LogP contribution is -2.39. The van der Waals surface area contributed by atoms with Crippen LogP contribution in [0.15, 0.2) is 24.3 Å². The Labute approximate surface area is 120 Å². The summed E-state index contributed by atoms with van der Waals surface area (Å²) in [7, 11) is 1.94. The highest BCUT2D eigenvalue weighted by molar-refractivity contribution is 5.89. The van der Waals surface area contributed by atoms with Crippen LogP contribution in [0.3, 0.4) is 0 Å². The highest BCUT2D eigenvalue weighted by atomic mass is 16.5. The van der Waals surface area contributed by atoms with E-state index < -0.39 is 0 Å². The van der Waals surface area contributed by atoms with Crippen LogP contribution >= 0.6 is 0 Å². The maximum absolute atomic E-state index is 12.0. The molecule has 0 radical (unpaired) electrons. The highest BCUT2D eigenvalue weighted by Crippen LogP contribution is 2.26. The van der Waals surface area contributed by atoms with Crippen molar-refractivity contribution in [2.75, 3.05) is 19.4 Å². The van der Waals surface area contributed by atoms with Gasteiger partial charge in [0.15, 0.2) is 0 Å². The van der Waals surface area contributed by atoms with Gasteiger partial charge in [0.25, 0.3) is 0 Å². The van der Waals surface area contributed by atoms with Gasteiger partial charge in [0.2, 0.25) is 0 Å². The van der Waals surface area contributed by atoms with E-state index >= 15 is 0 Å². The molecule has 0 aliphatic heterocycles. The SMILES string of the molecule is CNC(COC(=O)c1ccc(N)cc1)C1CCCCC1. The molecule has 4 heteroatoms. The van der Waals surface area contributed by atoms with E-state index in [1.54, 1.807) is 24.3 Å². The maximum atomic E-state index is 12.0. The fraction of sp³-hybridized carbons (Fsp3) is 0.562. The van der Waals surface area contributed by atoms with Crippen molar-refractivity contribution < 1.29 is 9.53 Å². The summed E-state index contributed by atoms with van der Waals surface area (Å²) >= 11 is 0. The van der Waals surface area contributed by atoms with E-state index in [4.69, 9.17) is 10.5 Å². The number of nitrogen functional groups attached to an aromatic ring is 1. The second-order valence-corrected chi connectivity index (χ2v) is 5.51.